The van der Waals surface area contributed by atoms with E-state index in [4.69, 9.17) is 11.6 Å². The maximum atomic E-state index is 12.4. The summed E-state index contributed by atoms with van der Waals surface area (Å²) in [5.74, 6) is 0.934. The van der Waals surface area contributed by atoms with E-state index in [1.165, 1.54) is 17.4 Å². The predicted molar refractivity (Wildman–Crippen MR) is 138 cm³/mol. The first-order valence-electron chi connectivity index (χ1n) is 10.8. The minimum Gasteiger partial charge on any atom is -0.368 e. The van der Waals surface area contributed by atoms with Gasteiger partial charge in [-0.15, -0.1) is 16.4 Å². The fourth-order valence-electron chi connectivity index (χ4n) is 3.82. The largest absolute Gasteiger partial charge is 0.368 e. The molecule has 1 aromatic carbocycles. The summed E-state index contributed by atoms with van der Waals surface area (Å²) in [6, 6.07) is 14.1. The summed E-state index contributed by atoms with van der Waals surface area (Å²) in [6.07, 6.45) is 3.49. The average Bonchev–Trinajstić information content (AvgIpc) is 3.52. The molecule has 0 spiro atoms. The van der Waals surface area contributed by atoms with Gasteiger partial charge in [-0.05, 0) is 36.4 Å². The van der Waals surface area contributed by atoms with E-state index in [1.54, 1.807) is 45.9 Å². The molecule has 35 heavy (non-hydrogen) atoms. The molecule has 3 aromatic heterocycles. The van der Waals surface area contributed by atoms with E-state index in [9.17, 15) is 13.8 Å². The van der Waals surface area contributed by atoms with Gasteiger partial charge in [-0.1, -0.05) is 22.9 Å². The summed E-state index contributed by atoms with van der Waals surface area (Å²) >= 11 is 7.12. The van der Waals surface area contributed by atoms with Crippen molar-refractivity contribution in [1.82, 2.24) is 24.9 Å². The predicted octanol–water partition coefficient (Wildman–Crippen LogP) is 2.63. The molecule has 1 amide bonds. The van der Waals surface area contributed by atoms with Crippen LogP contribution in [0.25, 0.3) is 11.4 Å². The van der Waals surface area contributed by atoms with Crippen molar-refractivity contribution in [2.75, 3.05) is 29.5 Å². The Morgan fingerprint density at radius 3 is 2.69 bits per heavy atom. The first-order chi connectivity index (χ1) is 17.0. The molecule has 1 aliphatic rings. The first-order valence-corrected chi connectivity index (χ1v) is 13.5. The third-order valence-electron chi connectivity index (χ3n) is 5.59. The number of benzene rings is 1. The van der Waals surface area contributed by atoms with Crippen LogP contribution in [0.1, 0.15) is 15.4 Å². The number of rotatable bonds is 6. The standard InChI is InChI=1S/C23H21ClN6O3S2/c24-21-7-6-20(34-21)23(32)25-14-16-15-30(27-26-16)18-5-4-17(29-8-2-1-3-22(29)31)13-19(18)28-9-11-35(33)12-10-28/h1-8,13,15H,9-12,14H2,(H,25,32). The highest BCUT2D eigenvalue weighted by molar-refractivity contribution is 7.85. The van der Waals surface area contributed by atoms with E-state index in [-0.39, 0.29) is 18.0 Å². The van der Waals surface area contributed by atoms with Gasteiger partial charge in [0.25, 0.3) is 11.5 Å². The number of nitrogens with zero attached hydrogens (tertiary/aromatic N) is 5. The van der Waals surface area contributed by atoms with Crippen LogP contribution in [0.4, 0.5) is 5.69 Å². The Bertz CT molecular complexity index is 1450. The summed E-state index contributed by atoms with van der Waals surface area (Å²) < 4.78 is 15.7. The van der Waals surface area contributed by atoms with Crippen LogP contribution < -0.4 is 15.8 Å². The number of amides is 1. The van der Waals surface area contributed by atoms with Crippen molar-refractivity contribution in [2.24, 2.45) is 0 Å². The van der Waals surface area contributed by atoms with Crippen LogP contribution in [0, 0.1) is 0 Å². The molecular formula is C23H21ClN6O3S2. The van der Waals surface area contributed by atoms with Crippen molar-refractivity contribution in [3.05, 3.63) is 86.2 Å². The van der Waals surface area contributed by atoms with Gasteiger partial charge in [0.2, 0.25) is 0 Å². The van der Waals surface area contributed by atoms with Crippen LogP contribution in [-0.2, 0) is 17.3 Å². The maximum Gasteiger partial charge on any atom is 0.261 e. The molecule has 12 heteroatoms. The van der Waals surface area contributed by atoms with Crippen molar-refractivity contribution in [3.63, 3.8) is 0 Å². The minimum atomic E-state index is -0.828. The molecule has 4 heterocycles. The minimum absolute atomic E-state index is 0.128. The zero-order chi connectivity index (χ0) is 24.4. The highest BCUT2D eigenvalue weighted by Crippen LogP contribution is 2.28. The second-order valence-corrected chi connectivity index (χ2v) is 11.3. The highest BCUT2D eigenvalue weighted by Gasteiger charge is 2.21. The number of thiophene rings is 1. The van der Waals surface area contributed by atoms with Gasteiger partial charge in [0.05, 0.1) is 39.0 Å². The van der Waals surface area contributed by atoms with Crippen LogP contribution in [0.2, 0.25) is 4.34 Å². The lowest BCUT2D eigenvalue weighted by molar-refractivity contribution is 0.0954. The number of carbonyl (C=O) groups excluding carboxylic acids is 1. The summed E-state index contributed by atoms with van der Waals surface area (Å²) in [4.78, 5) is 27.4. The van der Waals surface area contributed by atoms with Gasteiger partial charge in [0.15, 0.2) is 0 Å². The first kappa shape index (κ1) is 23.5. The van der Waals surface area contributed by atoms with Crippen molar-refractivity contribution >= 4 is 45.3 Å². The molecule has 5 rings (SSSR count). The third-order valence-corrected chi connectivity index (χ3v) is 8.10. The Labute approximate surface area is 212 Å². The van der Waals surface area contributed by atoms with Gasteiger partial charge < -0.3 is 10.2 Å². The Morgan fingerprint density at radius 1 is 1.11 bits per heavy atom. The average molecular weight is 529 g/mol. The van der Waals surface area contributed by atoms with Crippen LogP contribution in [0.5, 0.6) is 0 Å². The van der Waals surface area contributed by atoms with E-state index < -0.39 is 10.8 Å². The Balaban J connectivity index is 1.43. The van der Waals surface area contributed by atoms with Crippen molar-refractivity contribution < 1.29 is 9.00 Å². The lowest BCUT2D eigenvalue weighted by atomic mass is 10.2. The van der Waals surface area contributed by atoms with Gasteiger partial charge in [0.1, 0.15) is 5.69 Å². The molecule has 1 N–H and O–H groups in total. The number of aromatic nitrogens is 4. The fourth-order valence-corrected chi connectivity index (χ4v) is 5.83. The quantitative estimate of drug-likeness (QED) is 0.413. The summed E-state index contributed by atoms with van der Waals surface area (Å²) in [5.41, 5.74) is 2.83. The molecule has 180 valence electrons. The number of hydrogen-bond donors (Lipinski definition) is 1. The van der Waals surface area contributed by atoms with Gasteiger partial charge in [-0.3, -0.25) is 18.4 Å². The molecule has 0 atom stereocenters. The van der Waals surface area contributed by atoms with E-state index in [1.807, 2.05) is 18.2 Å². The van der Waals surface area contributed by atoms with Crippen molar-refractivity contribution in [2.45, 2.75) is 6.54 Å². The highest BCUT2D eigenvalue weighted by atomic mass is 35.5. The molecule has 0 bridgehead atoms. The van der Waals surface area contributed by atoms with E-state index in [2.05, 4.69) is 20.5 Å². The van der Waals surface area contributed by atoms with Gasteiger partial charge >= 0.3 is 0 Å². The molecule has 0 saturated carbocycles. The van der Waals surface area contributed by atoms with Crippen LogP contribution in [0.3, 0.4) is 0 Å². The van der Waals surface area contributed by atoms with Gasteiger partial charge in [-0.2, -0.15) is 0 Å². The Hall–Kier alpha value is -3.28. The molecule has 0 unspecified atom stereocenters. The third kappa shape index (κ3) is 5.21. The van der Waals surface area contributed by atoms with Crippen LogP contribution >= 0.6 is 22.9 Å². The molecule has 1 aliphatic heterocycles. The smallest absolute Gasteiger partial charge is 0.261 e. The monoisotopic (exact) mass is 528 g/mol. The van der Waals surface area contributed by atoms with Gasteiger partial charge in [0, 0.05) is 47.7 Å². The lowest BCUT2D eigenvalue weighted by Gasteiger charge is -2.30. The summed E-state index contributed by atoms with van der Waals surface area (Å²) in [6.45, 7) is 1.48. The van der Waals surface area contributed by atoms with Crippen LogP contribution in [-0.4, -0.2) is 54.3 Å². The number of anilines is 1. The lowest BCUT2D eigenvalue weighted by Crippen LogP contribution is -2.38. The molecular weight excluding hydrogens is 508 g/mol. The topological polar surface area (TPSA) is 102 Å². The number of halogens is 1. The van der Waals surface area contributed by atoms with Crippen molar-refractivity contribution in [1.29, 1.82) is 0 Å². The second kappa shape index (κ2) is 10.1. The second-order valence-electron chi connectivity index (χ2n) is 7.86. The maximum absolute atomic E-state index is 12.4. The Morgan fingerprint density at radius 2 is 1.94 bits per heavy atom. The fraction of sp³-hybridized carbons (Fsp3) is 0.217. The number of carbonyl (C=O) groups is 1. The zero-order valence-electron chi connectivity index (χ0n) is 18.5. The molecule has 0 aliphatic carbocycles. The molecule has 1 saturated heterocycles. The molecule has 0 radical (unpaired) electrons. The normalized spacial score (nSPS) is 14.3. The number of pyridine rings is 1. The molecule has 9 nitrogen and oxygen atoms in total. The van der Waals surface area contributed by atoms with E-state index >= 15 is 0 Å². The van der Waals surface area contributed by atoms with E-state index in [0.717, 1.165) is 17.1 Å². The molecule has 4 aromatic rings. The van der Waals surface area contributed by atoms with Gasteiger partial charge in [-0.25, -0.2) is 4.68 Å². The Kier molecular flexibility index (Phi) is 6.80. The summed E-state index contributed by atoms with van der Waals surface area (Å²) in [5, 5.41) is 11.3. The SMILES string of the molecule is O=C(NCc1cn(-c2ccc(-n3ccccc3=O)cc2N2CCS(=O)CC2)nn1)c1ccc(Cl)s1. The van der Waals surface area contributed by atoms with E-state index in [0.29, 0.717) is 39.5 Å². The van der Waals surface area contributed by atoms with Crippen molar-refractivity contribution in [3.8, 4) is 11.4 Å². The number of hydrogen-bond acceptors (Lipinski definition) is 7. The number of nitrogens with one attached hydrogen (secondary N) is 1. The summed E-state index contributed by atoms with van der Waals surface area (Å²) in [7, 11) is -0.828. The molecule has 1 fully saturated rings. The zero-order valence-corrected chi connectivity index (χ0v) is 20.9. The van der Waals surface area contributed by atoms with Crippen LogP contribution in [0.15, 0.2) is 65.7 Å².